The number of aromatic nitrogens is 4. The maximum atomic E-state index is 5.22. The summed E-state index contributed by atoms with van der Waals surface area (Å²) in [5, 5.41) is 7.43. The zero-order chi connectivity index (χ0) is 37.5. The summed E-state index contributed by atoms with van der Waals surface area (Å²) in [6.45, 7) is 0. The molecule has 0 fully saturated rings. The van der Waals surface area contributed by atoms with Crippen molar-refractivity contribution >= 4 is 75.1 Å². The van der Waals surface area contributed by atoms with Gasteiger partial charge < -0.3 is 4.57 Å². The number of benzene rings is 8. The molecule has 0 spiro atoms. The zero-order valence-corrected chi connectivity index (χ0v) is 31.5. The average molecular weight is 745 g/mol. The monoisotopic (exact) mass is 744 g/mol. The van der Waals surface area contributed by atoms with Gasteiger partial charge in [-0.1, -0.05) is 140 Å². The van der Waals surface area contributed by atoms with Crippen molar-refractivity contribution in [2.45, 2.75) is 0 Å². The third-order valence-electron chi connectivity index (χ3n) is 11.4. The van der Waals surface area contributed by atoms with Crippen LogP contribution >= 0.6 is 11.3 Å². The van der Waals surface area contributed by atoms with E-state index in [-0.39, 0.29) is 0 Å². The van der Waals surface area contributed by atoms with Crippen molar-refractivity contribution in [3.63, 3.8) is 0 Å². The van der Waals surface area contributed by atoms with Crippen molar-refractivity contribution in [1.29, 1.82) is 0 Å². The molecule has 4 heterocycles. The highest BCUT2D eigenvalue weighted by Crippen LogP contribution is 2.42. The molecule has 4 aromatic heterocycles. The highest BCUT2D eigenvalue weighted by atomic mass is 32.1. The molecule has 0 unspecified atom stereocenters. The summed E-state index contributed by atoms with van der Waals surface area (Å²) in [5.74, 6) is 0.650. The number of nitrogens with zero attached hydrogens (tertiary/aromatic N) is 4. The maximum Gasteiger partial charge on any atom is 0.235 e. The Balaban J connectivity index is 1.04. The van der Waals surface area contributed by atoms with E-state index in [0.29, 0.717) is 5.95 Å². The summed E-state index contributed by atoms with van der Waals surface area (Å²) in [5.41, 5.74) is 12.0. The van der Waals surface area contributed by atoms with Gasteiger partial charge in [0.25, 0.3) is 0 Å². The average Bonchev–Trinajstić information content (AvgIpc) is 3.94. The van der Waals surface area contributed by atoms with Crippen LogP contribution in [0.15, 0.2) is 194 Å². The van der Waals surface area contributed by atoms with Crippen molar-refractivity contribution in [3.8, 4) is 45.3 Å². The first-order chi connectivity index (χ1) is 28.3. The lowest BCUT2D eigenvalue weighted by Gasteiger charge is -2.12. The van der Waals surface area contributed by atoms with Gasteiger partial charge in [-0.2, -0.15) is 0 Å². The first-order valence-electron chi connectivity index (χ1n) is 19.2. The molecule has 0 aliphatic rings. The second-order valence-electron chi connectivity index (χ2n) is 14.6. The molecule has 12 aromatic rings. The SMILES string of the molecule is c1ccc(-c2cc(-c3ccccc3)nc(-n3c4ccccc4c4cc(-c5ccc6c(c5)c5ccccc5n6-c5cccc6c5sc5ccccc56)ccc43)n2)cc1. The number of hydrogen-bond donors (Lipinski definition) is 0. The van der Waals surface area contributed by atoms with Crippen LogP contribution < -0.4 is 0 Å². The highest BCUT2D eigenvalue weighted by Gasteiger charge is 2.20. The molecule has 5 heteroatoms. The lowest BCUT2D eigenvalue weighted by atomic mass is 10.0. The third-order valence-corrected chi connectivity index (χ3v) is 12.6. The van der Waals surface area contributed by atoms with E-state index < -0.39 is 0 Å². The van der Waals surface area contributed by atoms with Gasteiger partial charge >= 0.3 is 0 Å². The lowest BCUT2D eigenvalue weighted by Crippen LogP contribution is -2.03. The normalized spacial score (nSPS) is 11.9. The largest absolute Gasteiger partial charge is 0.308 e. The van der Waals surface area contributed by atoms with E-state index in [1.165, 1.54) is 64.2 Å². The Hall–Kier alpha value is -7.34. The fourth-order valence-electron chi connectivity index (χ4n) is 8.74. The summed E-state index contributed by atoms with van der Waals surface area (Å²) in [6, 6.07) is 69.5. The Kier molecular flexibility index (Phi) is 7.06. The Morgan fingerprint density at radius 1 is 0.333 bits per heavy atom. The molecule has 0 saturated carbocycles. The Morgan fingerprint density at radius 3 is 1.46 bits per heavy atom. The highest BCUT2D eigenvalue weighted by molar-refractivity contribution is 7.26. The van der Waals surface area contributed by atoms with Crippen LogP contribution in [0.2, 0.25) is 0 Å². The number of rotatable bonds is 5. The van der Waals surface area contributed by atoms with Gasteiger partial charge in [0.05, 0.1) is 43.8 Å². The first-order valence-corrected chi connectivity index (χ1v) is 20.1. The van der Waals surface area contributed by atoms with E-state index >= 15 is 0 Å². The van der Waals surface area contributed by atoms with Gasteiger partial charge in [0.15, 0.2) is 0 Å². The van der Waals surface area contributed by atoms with Crippen molar-refractivity contribution in [2.75, 3.05) is 0 Å². The van der Waals surface area contributed by atoms with Gasteiger partial charge in [-0.15, -0.1) is 11.3 Å². The second-order valence-corrected chi connectivity index (χ2v) is 15.6. The minimum Gasteiger partial charge on any atom is -0.308 e. The van der Waals surface area contributed by atoms with Crippen LogP contribution in [0.3, 0.4) is 0 Å². The van der Waals surface area contributed by atoms with Crippen LogP contribution in [0, 0.1) is 0 Å². The molecular formula is C52H32N4S. The van der Waals surface area contributed by atoms with Crippen LogP contribution in [0.1, 0.15) is 0 Å². The van der Waals surface area contributed by atoms with Gasteiger partial charge in [-0.25, -0.2) is 9.97 Å². The smallest absolute Gasteiger partial charge is 0.235 e. The Morgan fingerprint density at radius 2 is 0.825 bits per heavy atom. The van der Waals surface area contributed by atoms with Crippen LogP contribution in [0.25, 0.3) is 109 Å². The molecule has 0 bridgehead atoms. The van der Waals surface area contributed by atoms with E-state index in [2.05, 4.69) is 191 Å². The van der Waals surface area contributed by atoms with Gasteiger partial charge in [-0.3, -0.25) is 4.57 Å². The predicted octanol–water partition coefficient (Wildman–Crippen LogP) is 14.0. The molecule has 0 saturated heterocycles. The van der Waals surface area contributed by atoms with E-state index in [1.807, 2.05) is 23.5 Å². The summed E-state index contributed by atoms with van der Waals surface area (Å²) < 4.78 is 7.29. The Bertz CT molecular complexity index is 3460. The molecule has 8 aromatic carbocycles. The number of fused-ring (bicyclic) bond motifs is 9. The van der Waals surface area contributed by atoms with E-state index in [4.69, 9.17) is 9.97 Å². The molecule has 0 aliphatic heterocycles. The van der Waals surface area contributed by atoms with Crippen LogP contribution in [0.4, 0.5) is 0 Å². The molecule has 0 N–H and O–H groups in total. The fourth-order valence-corrected chi connectivity index (χ4v) is 9.94. The number of hydrogen-bond acceptors (Lipinski definition) is 3. The van der Waals surface area contributed by atoms with Crippen molar-refractivity contribution in [1.82, 2.24) is 19.1 Å². The van der Waals surface area contributed by atoms with Crippen molar-refractivity contribution in [3.05, 3.63) is 194 Å². The minimum atomic E-state index is 0.650. The molecule has 0 aliphatic carbocycles. The van der Waals surface area contributed by atoms with Gasteiger partial charge in [-0.05, 0) is 65.7 Å². The quantitative estimate of drug-likeness (QED) is 0.176. The Labute approximate surface area is 332 Å². The van der Waals surface area contributed by atoms with Crippen LogP contribution in [0.5, 0.6) is 0 Å². The maximum absolute atomic E-state index is 5.22. The third kappa shape index (κ3) is 4.99. The summed E-state index contributed by atoms with van der Waals surface area (Å²) in [6.07, 6.45) is 0. The van der Waals surface area contributed by atoms with Gasteiger partial charge in [0.1, 0.15) is 0 Å². The molecule has 4 nitrogen and oxygen atoms in total. The zero-order valence-electron chi connectivity index (χ0n) is 30.7. The number of para-hydroxylation sites is 2. The second kappa shape index (κ2) is 12.6. The van der Waals surface area contributed by atoms with Crippen molar-refractivity contribution in [2.24, 2.45) is 0 Å². The molecule has 12 rings (SSSR count). The molecule has 0 amide bonds. The molecule has 57 heavy (non-hydrogen) atoms. The number of thiophene rings is 1. The van der Waals surface area contributed by atoms with E-state index in [0.717, 1.165) is 38.9 Å². The molecule has 0 radical (unpaired) electrons. The van der Waals surface area contributed by atoms with Gasteiger partial charge in [0, 0.05) is 48.1 Å². The molecule has 0 atom stereocenters. The molecular weight excluding hydrogens is 713 g/mol. The van der Waals surface area contributed by atoms with Crippen molar-refractivity contribution < 1.29 is 0 Å². The van der Waals surface area contributed by atoms with Crippen LogP contribution in [-0.2, 0) is 0 Å². The first kappa shape index (κ1) is 32.0. The standard InChI is InChI=1S/C52H32N4S/c1-3-14-33(15-4-1)43-32-44(34-16-5-2-6-17-34)54-52(53-43)56-46-23-11-8-19-38(46)42-31-36(27-29-48(42)56)35-26-28-47-41(30-35)37-18-7-10-22-45(37)55(47)49-24-13-21-40-39-20-9-12-25-50(39)57-51(40)49/h1-32H. The lowest BCUT2D eigenvalue weighted by molar-refractivity contribution is 0.995. The topological polar surface area (TPSA) is 35.6 Å². The minimum absolute atomic E-state index is 0.650. The van der Waals surface area contributed by atoms with E-state index in [1.54, 1.807) is 0 Å². The van der Waals surface area contributed by atoms with Gasteiger partial charge in [0.2, 0.25) is 5.95 Å². The van der Waals surface area contributed by atoms with E-state index in [9.17, 15) is 0 Å². The summed E-state index contributed by atoms with van der Waals surface area (Å²) in [4.78, 5) is 10.4. The molecule has 266 valence electrons. The fraction of sp³-hybridized carbons (Fsp3) is 0. The summed E-state index contributed by atoms with van der Waals surface area (Å²) in [7, 11) is 0. The van der Waals surface area contributed by atoms with Crippen LogP contribution in [-0.4, -0.2) is 19.1 Å². The predicted molar refractivity (Wildman–Crippen MR) is 240 cm³/mol. The summed E-state index contributed by atoms with van der Waals surface area (Å²) >= 11 is 1.87.